The standard InChI is InChI=1S/C18H32O5/c1-2-3-4-5-6-7-8-9-14(19)18-13(10-11-17(22)23)15(20)12-16(18)21/h13,15-16,18,20-21H,2-12H2,1H3,(H,22,23). The van der Waals surface area contributed by atoms with Crippen molar-refractivity contribution >= 4 is 11.8 Å². The lowest BCUT2D eigenvalue weighted by molar-refractivity contribution is -0.138. The summed E-state index contributed by atoms with van der Waals surface area (Å²) < 4.78 is 0. The number of aliphatic hydroxyl groups is 2. The molecule has 0 heterocycles. The Labute approximate surface area is 139 Å². The van der Waals surface area contributed by atoms with Gasteiger partial charge in [-0.15, -0.1) is 0 Å². The number of carboxylic acid groups (broad SMARTS) is 1. The van der Waals surface area contributed by atoms with Gasteiger partial charge in [-0.3, -0.25) is 9.59 Å². The summed E-state index contributed by atoms with van der Waals surface area (Å²) in [6.07, 6.45) is 7.06. The number of hydrogen-bond donors (Lipinski definition) is 3. The SMILES string of the molecule is CCCCCCCCCC(=O)C1C(O)CC(O)C1CCC(=O)O. The summed E-state index contributed by atoms with van der Waals surface area (Å²) >= 11 is 0. The minimum Gasteiger partial charge on any atom is -0.481 e. The van der Waals surface area contributed by atoms with E-state index in [0.717, 1.165) is 19.3 Å². The van der Waals surface area contributed by atoms with Crippen molar-refractivity contribution in [1.82, 2.24) is 0 Å². The number of unbranched alkanes of at least 4 members (excludes halogenated alkanes) is 6. The Kier molecular flexibility index (Phi) is 9.41. The number of carboxylic acids is 1. The van der Waals surface area contributed by atoms with E-state index in [2.05, 4.69) is 6.92 Å². The maximum Gasteiger partial charge on any atom is 0.303 e. The zero-order valence-electron chi connectivity index (χ0n) is 14.2. The van der Waals surface area contributed by atoms with Crippen LogP contribution in [-0.2, 0) is 9.59 Å². The molecule has 3 N–H and O–H groups in total. The number of aliphatic hydroxyl groups excluding tert-OH is 2. The molecule has 0 aromatic rings. The Morgan fingerprint density at radius 3 is 2.13 bits per heavy atom. The van der Waals surface area contributed by atoms with Crippen molar-refractivity contribution in [2.45, 2.75) is 89.8 Å². The lowest BCUT2D eigenvalue weighted by Crippen LogP contribution is -2.30. The first-order valence-electron chi connectivity index (χ1n) is 9.08. The Bertz CT molecular complexity index is 368. The van der Waals surface area contributed by atoms with Crippen molar-refractivity contribution in [2.75, 3.05) is 0 Å². The molecular formula is C18H32O5. The molecular weight excluding hydrogens is 296 g/mol. The van der Waals surface area contributed by atoms with E-state index < -0.39 is 30.0 Å². The second-order valence-electron chi connectivity index (χ2n) is 6.83. The Hall–Kier alpha value is -0.940. The molecule has 0 saturated heterocycles. The third-order valence-corrected chi connectivity index (χ3v) is 4.94. The Morgan fingerprint density at radius 1 is 0.913 bits per heavy atom. The molecule has 23 heavy (non-hydrogen) atoms. The van der Waals surface area contributed by atoms with Crippen molar-refractivity contribution < 1.29 is 24.9 Å². The van der Waals surface area contributed by atoms with E-state index in [0.29, 0.717) is 6.42 Å². The maximum atomic E-state index is 12.4. The fraction of sp³-hybridized carbons (Fsp3) is 0.889. The fourth-order valence-electron chi connectivity index (χ4n) is 3.63. The number of carbonyl (C=O) groups is 2. The smallest absolute Gasteiger partial charge is 0.303 e. The number of rotatable bonds is 12. The van der Waals surface area contributed by atoms with Crippen LogP contribution in [0.4, 0.5) is 0 Å². The van der Waals surface area contributed by atoms with Crippen molar-refractivity contribution in [3.63, 3.8) is 0 Å². The molecule has 0 amide bonds. The third-order valence-electron chi connectivity index (χ3n) is 4.94. The molecule has 134 valence electrons. The number of aliphatic carboxylic acids is 1. The third kappa shape index (κ3) is 7.00. The molecule has 5 nitrogen and oxygen atoms in total. The van der Waals surface area contributed by atoms with Gasteiger partial charge >= 0.3 is 5.97 Å². The maximum absolute atomic E-state index is 12.4. The number of ketones is 1. The van der Waals surface area contributed by atoms with Gasteiger partial charge in [-0.2, -0.15) is 0 Å². The quantitative estimate of drug-likeness (QED) is 0.479. The summed E-state index contributed by atoms with van der Waals surface area (Å²) in [7, 11) is 0. The normalized spacial score (nSPS) is 27.3. The van der Waals surface area contributed by atoms with Gasteiger partial charge in [0.15, 0.2) is 0 Å². The number of carbonyl (C=O) groups excluding carboxylic acids is 1. The average molecular weight is 328 g/mol. The van der Waals surface area contributed by atoms with E-state index >= 15 is 0 Å². The predicted molar refractivity (Wildman–Crippen MR) is 88.1 cm³/mol. The van der Waals surface area contributed by atoms with Crippen LogP contribution in [0.2, 0.25) is 0 Å². The van der Waals surface area contributed by atoms with Crippen molar-refractivity contribution in [3.05, 3.63) is 0 Å². The molecule has 1 aliphatic rings. The molecule has 0 radical (unpaired) electrons. The molecule has 0 aromatic heterocycles. The van der Waals surface area contributed by atoms with Crippen molar-refractivity contribution in [3.8, 4) is 0 Å². The molecule has 5 heteroatoms. The van der Waals surface area contributed by atoms with Crippen molar-refractivity contribution in [2.24, 2.45) is 11.8 Å². The van der Waals surface area contributed by atoms with Gasteiger partial charge in [0.25, 0.3) is 0 Å². The van der Waals surface area contributed by atoms with E-state index in [1.165, 1.54) is 25.7 Å². The van der Waals surface area contributed by atoms with Gasteiger partial charge in [-0.1, -0.05) is 45.4 Å². The number of hydrogen-bond acceptors (Lipinski definition) is 4. The summed E-state index contributed by atoms with van der Waals surface area (Å²) in [5.41, 5.74) is 0. The fourth-order valence-corrected chi connectivity index (χ4v) is 3.63. The minimum atomic E-state index is -0.933. The summed E-state index contributed by atoms with van der Waals surface area (Å²) in [6, 6.07) is 0. The highest BCUT2D eigenvalue weighted by Crippen LogP contribution is 2.37. The van der Waals surface area contributed by atoms with Crippen LogP contribution in [0.1, 0.15) is 77.6 Å². The molecule has 4 atom stereocenters. The molecule has 0 aromatic carbocycles. The molecule has 0 spiro atoms. The zero-order valence-corrected chi connectivity index (χ0v) is 14.2. The molecule has 1 aliphatic carbocycles. The molecule has 0 aliphatic heterocycles. The first kappa shape index (κ1) is 20.1. The van der Waals surface area contributed by atoms with Crippen LogP contribution < -0.4 is 0 Å². The summed E-state index contributed by atoms with van der Waals surface area (Å²) in [5, 5.41) is 28.8. The molecule has 0 bridgehead atoms. The highest BCUT2D eigenvalue weighted by atomic mass is 16.4. The first-order chi connectivity index (χ1) is 11.0. The van der Waals surface area contributed by atoms with Crippen LogP contribution in [0.15, 0.2) is 0 Å². The van der Waals surface area contributed by atoms with Gasteiger partial charge in [-0.25, -0.2) is 0 Å². The Balaban J connectivity index is 2.35. The summed E-state index contributed by atoms with van der Waals surface area (Å²) in [5.74, 6) is -1.96. The van der Waals surface area contributed by atoms with Gasteiger partial charge in [0.1, 0.15) is 5.78 Å². The average Bonchev–Trinajstić information content (AvgIpc) is 2.77. The van der Waals surface area contributed by atoms with Crippen LogP contribution in [0.25, 0.3) is 0 Å². The summed E-state index contributed by atoms with van der Waals surface area (Å²) in [6.45, 7) is 2.18. The second kappa shape index (κ2) is 10.8. The monoisotopic (exact) mass is 328 g/mol. The topological polar surface area (TPSA) is 94.8 Å². The number of Topliss-reactive ketones (excluding diaryl/α,β-unsaturated/α-hetero) is 1. The van der Waals surface area contributed by atoms with Gasteiger partial charge in [0.05, 0.1) is 12.2 Å². The van der Waals surface area contributed by atoms with E-state index in [9.17, 15) is 19.8 Å². The van der Waals surface area contributed by atoms with Gasteiger partial charge in [0, 0.05) is 25.2 Å². The van der Waals surface area contributed by atoms with Gasteiger partial charge < -0.3 is 15.3 Å². The van der Waals surface area contributed by atoms with Crippen LogP contribution >= 0.6 is 0 Å². The second-order valence-corrected chi connectivity index (χ2v) is 6.83. The predicted octanol–water partition coefficient (Wildman–Crippen LogP) is 2.92. The largest absolute Gasteiger partial charge is 0.481 e. The van der Waals surface area contributed by atoms with Crippen LogP contribution in [0.5, 0.6) is 0 Å². The molecule has 4 unspecified atom stereocenters. The minimum absolute atomic E-state index is 0.0157. The highest BCUT2D eigenvalue weighted by molar-refractivity contribution is 5.82. The molecule has 1 rings (SSSR count). The van der Waals surface area contributed by atoms with E-state index in [-0.39, 0.29) is 25.0 Å². The molecule has 1 saturated carbocycles. The van der Waals surface area contributed by atoms with Crippen LogP contribution in [0.3, 0.4) is 0 Å². The summed E-state index contributed by atoms with van der Waals surface area (Å²) in [4.78, 5) is 23.1. The van der Waals surface area contributed by atoms with E-state index in [4.69, 9.17) is 5.11 Å². The zero-order chi connectivity index (χ0) is 17.2. The van der Waals surface area contributed by atoms with Gasteiger partial charge in [0.2, 0.25) is 0 Å². The van der Waals surface area contributed by atoms with Crippen molar-refractivity contribution in [1.29, 1.82) is 0 Å². The molecule has 1 fully saturated rings. The van der Waals surface area contributed by atoms with E-state index in [1.54, 1.807) is 0 Å². The van der Waals surface area contributed by atoms with Crippen LogP contribution in [0, 0.1) is 11.8 Å². The first-order valence-corrected chi connectivity index (χ1v) is 9.08. The Morgan fingerprint density at radius 2 is 1.52 bits per heavy atom. The van der Waals surface area contributed by atoms with E-state index in [1.807, 2.05) is 0 Å². The van der Waals surface area contributed by atoms with Gasteiger partial charge in [-0.05, 0) is 18.8 Å². The van der Waals surface area contributed by atoms with Crippen LogP contribution in [-0.4, -0.2) is 39.3 Å². The lowest BCUT2D eigenvalue weighted by atomic mass is 9.84. The highest BCUT2D eigenvalue weighted by Gasteiger charge is 2.44. The lowest BCUT2D eigenvalue weighted by Gasteiger charge is -2.21.